The number of H-pyrrole nitrogens is 2. The second-order valence-electron chi connectivity index (χ2n) is 5.12. The van der Waals surface area contributed by atoms with E-state index in [1.54, 1.807) is 0 Å². The van der Waals surface area contributed by atoms with E-state index in [9.17, 15) is 9.59 Å². The number of hydrogen-bond donors (Lipinski definition) is 3. The lowest BCUT2D eigenvalue weighted by Crippen LogP contribution is -2.37. The van der Waals surface area contributed by atoms with E-state index in [2.05, 4.69) is 20.5 Å². The molecular formula is C14H19N5O2. The molecule has 0 saturated heterocycles. The van der Waals surface area contributed by atoms with Crippen LogP contribution in [0.15, 0.2) is 29.1 Å². The number of aryl methyl sites for hydroxylation is 1. The maximum Gasteiger partial charge on any atom is 0.340 e. The fraction of sp³-hybridized carbons (Fsp3) is 0.357. The van der Waals surface area contributed by atoms with E-state index in [1.165, 1.54) is 0 Å². The first-order valence-corrected chi connectivity index (χ1v) is 6.61. The van der Waals surface area contributed by atoms with Crippen LogP contribution in [0.25, 0.3) is 0 Å². The van der Waals surface area contributed by atoms with E-state index in [0.29, 0.717) is 5.82 Å². The van der Waals surface area contributed by atoms with Gasteiger partial charge in [0, 0.05) is 0 Å². The predicted molar refractivity (Wildman–Crippen MR) is 78.7 cm³/mol. The van der Waals surface area contributed by atoms with Crippen molar-refractivity contribution in [1.82, 2.24) is 25.4 Å². The van der Waals surface area contributed by atoms with Gasteiger partial charge in [-0.25, -0.2) is 9.89 Å². The van der Waals surface area contributed by atoms with Crippen molar-refractivity contribution >= 4 is 5.91 Å². The van der Waals surface area contributed by atoms with Gasteiger partial charge >= 0.3 is 5.69 Å². The van der Waals surface area contributed by atoms with Gasteiger partial charge in [0.05, 0.1) is 6.54 Å². The van der Waals surface area contributed by atoms with Gasteiger partial charge in [-0.1, -0.05) is 29.8 Å². The highest BCUT2D eigenvalue weighted by atomic mass is 16.2. The van der Waals surface area contributed by atoms with Gasteiger partial charge in [-0.2, -0.15) is 5.10 Å². The summed E-state index contributed by atoms with van der Waals surface area (Å²) in [6.07, 6.45) is 0. The van der Waals surface area contributed by atoms with Crippen molar-refractivity contribution < 1.29 is 4.79 Å². The number of rotatable bonds is 5. The summed E-state index contributed by atoms with van der Waals surface area (Å²) in [5, 5.41) is 8.79. The Labute approximate surface area is 122 Å². The molecule has 0 radical (unpaired) electrons. The van der Waals surface area contributed by atoms with Gasteiger partial charge in [0.15, 0.2) is 0 Å². The van der Waals surface area contributed by atoms with Gasteiger partial charge in [0.2, 0.25) is 5.91 Å². The minimum atomic E-state index is -0.392. The number of likely N-dealkylation sites (N-methyl/N-ethyl adjacent to an activating group) is 1. The van der Waals surface area contributed by atoms with Crippen molar-refractivity contribution in [3.8, 4) is 0 Å². The number of benzene rings is 1. The molecule has 112 valence electrons. The number of carbonyl (C=O) groups is 1. The number of amides is 1. The molecule has 1 atom stereocenters. The van der Waals surface area contributed by atoms with Crippen LogP contribution in [0.3, 0.4) is 0 Å². The number of carbonyl (C=O) groups excluding carboxylic acids is 1. The summed E-state index contributed by atoms with van der Waals surface area (Å²) in [6.45, 7) is 2.18. The quantitative estimate of drug-likeness (QED) is 0.739. The topological polar surface area (TPSA) is 93.9 Å². The molecule has 3 N–H and O–H groups in total. The molecule has 0 aliphatic rings. The van der Waals surface area contributed by atoms with E-state index in [4.69, 9.17) is 0 Å². The summed E-state index contributed by atoms with van der Waals surface area (Å²) in [6, 6.07) is 7.44. The van der Waals surface area contributed by atoms with Crippen LogP contribution in [0.1, 0.15) is 23.0 Å². The molecule has 2 aromatic rings. The Morgan fingerprint density at radius 3 is 2.52 bits per heavy atom. The van der Waals surface area contributed by atoms with Gasteiger partial charge < -0.3 is 5.32 Å². The monoisotopic (exact) mass is 289 g/mol. The second kappa shape index (κ2) is 6.36. The molecule has 1 amide bonds. The molecule has 0 saturated carbocycles. The van der Waals surface area contributed by atoms with E-state index < -0.39 is 6.04 Å². The number of hydrogen-bond acceptors (Lipinski definition) is 4. The Kier molecular flexibility index (Phi) is 4.54. The Balaban J connectivity index is 2.08. The van der Waals surface area contributed by atoms with Gasteiger partial charge in [-0.3, -0.25) is 14.7 Å². The maximum absolute atomic E-state index is 12.4. The zero-order valence-corrected chi connectivity index (χ0v) is 12.3. The lowest BCUT2D eigenvalue weighted by atomic mass is 10.0. The lowest BCUT2D eigenvalue weighted by Gasteiger charge is -2.23. The van der Waals surface area contributed by atoms with Crippen molar-refractivity contribution in [2.45, 2.75) is 19.5 Å². The first kappa shape index (κ1) is 15.0. The highest BCUT2D eigenvalue weighted by Gasteiger charge is 2.22. The molecular weight excluding hydrogens is 270 g/mol. The molecule has 1 heterocycles. The normalized spacial score (nSPS) is 12.4. The fourth-order valence-corrected chi connectivity index (χ4v) is 2.09. The van der Waals surface area contributed by atoms with Gasteiger partial charge in [-0.05, 0) is 26.6 Å². The average molecular weight is 289 g/mol. The molecule has 0 aliphatic heterocycles. The zero-order chi connectivity index (χ0) is 15.4. The second-order valence-corrected chi connectivity index (χ2v) is 5.12. The van der Waals surface area contributed by atoms with Gasteiger partial charge in [-0.15, -0.1) is 0 Å². The van der Waals surface area contributed by atoms with E-state index in [1.807, 2.05) is 50.2 Å². The molecule has 2 rings (SSSR count). The molecule has 1 aromatic carbocycles. The van der Waals surface area contributed by atoms with Gasteiger partial charge in [0.1, 0.15) is 11.9 Å². The van der Waals surface area contributed by atoms with Crippen LogP contribution in [-0.2, 0) is 11.3 Å². The largest absolute Gasteiger partial charge is 0.347 e. The summed E-state index contributed by atoms with van der Waals surface area (Å²) in [5.41, 5.74) is 1.67. The highest BCUT2D eigenvalue weighted by molar-refractivity contribution is 5.83. The van der Waals surface area contributed by atoms with Crippen molar-refractivity contribution in [3.63, 3.8) is 0 Å². The molecule has 21 heavy (non-hydrogen) atoms. The van der Waals surface area contributed by atoms with Crippen LogP contribution in [0.4, 0.5) is 0 Å². The highest BCUT2D eigenvalue weighted by Crippen LogP contribution is 2.19. The molecule has 0 fully saturated rings. The summed E-state index contributed by atoms with van der Waals surface area (Å²) < 4.78 is 0. The third-order valence-electron chi connectivity index (χ3n) is 3.14. The summed E-state index contributed by atoms with van der Waals surface area (Å²) in [5.74, 6) is 0.252. The zero-order valence-electron chi connectivity index (χ0n) is 12.3. The predicted octanol–water partition coefficient (Wildman–Crippen LogP) is 0.326. The Bertz CT molecular complexity index is 657. The number of aromatic nitrogens is 3. The van der Waals surface area contributed by atoms with Crippen LogP contribution < -0.4 is 11.0 Å². The van der Waals surface area contributed by atoms with Crippen molar-refractivity contribution in [2.24, 2.45) is 0 Å². The maximum atomic E-state index is 12.4. The molecule has 7 nitrogen and oxygen atoms in total. The van der Waals surface area contributed by atoms with E-state index in [-0.39, 0.29) is 18.1 Å². The number of nitrogens with one attached hydrogen (secondary N) is 3. The Morgan fingerprint density at radius 2 is 2.00 bits per heavy atom. The van der Waals surface area contributed by atoms with Crippen LogP contribution in [-0.4, -0.2) is 40.1 Å². The van der Waals surface area contributed by atoms with E-state index in [0.717, 1.165) is 11.1 Å². The molecule has 0 aliphatic carbocycles. The average Bonchev–Trinajstić information content (AvgIpc) is 2.84. The Hall–Kier alpha value is -2.41. The van der Waals surface area contributed by atoms with E-state index >= 15 is 0 Å². The van der Waals surface area contributed by atoms with Crippen LogP contribution in [0, 0.1) is 6.92 Å². The Morgan fingerprint density at radius 1 is 1.33 bits per heavy atom. The SMILES string of the molecule is Cc1ccc(C(C(=O)NCc2n[nH]c(=O)[nH]2)N(C)C)cc1. The van der Waals surface area contributed by atoms with Crippen molar-refractivity contribution in [3.05, 3.63) is 51.7 Å². The third-order valence-corrected chi connectivity index (χ3v) is 3.14. The number of nitrogens with zero attached hydrogens (tertiary/aromatic N) is 2. The number of aromatic amines is 2. The van der Waals surface area contributed by atoms with Crippen molar-refractivity contribution in [1.29, 1.82) is 0 Å². The molecule has 0 spiro atoms. The summed E-state index contributed by atoms with van der Waals surface area (Å²) in [4.78, 5) is 27.6. The standard InChI is InChI=1S/C14H19N5O2/c1-9-4-6-10(7-5-9)12(19(2)3)13(20)15-8-11-16-14(21)18-17-11/h4-7,12H,8H2,1-3H3,(H,15,20)(H2,16,17,18,21). The van der Waals surface area contributed by atoms with Crippen molar-refractivity contribution in [2.75, 3.05) is 14.1 Å². The molecule has 7 heteroatoms. The molecule has 1 unspecified atom stereocenters. The smallest absolute Gasteiger partial charge is 0.340 e. The first-order chi connectivity index (χ1) is 9.97. The molecule has 1 aromatic heterocycles. The fourth-order valence-electron chi connectivity index (χ4n) is 2.09. The third kappa shape index (κ3) is 3.79. The first-order valence-electron chi connectivity index (χ1n) is 6.61. The minimum Gasteiger partial charge on any atom is -0.347 e. The summed E-state index contributed by atoms with van der Waals surface area (Å²) in [7, 11) is 3.70. The van der Waals surface area contributed by atoms with Crippen LogP contribution in [0.2, 0.25) is 0 Å². The minimum absolute atomic E-state index is 0.146. The van der Waals surface area contributed by atoms with Crippen LogP contribution in [0.5, 0.6) is 0 Å². The molecule has 0 bridgehead atoms. The van der Waals surface area contributed by atoms with Gasteiger partial charge in [0.25, 0.3) is 0 Å². The van der Waals surface area contributed by atoms with Crippen LogP contribution >= 0.6 is 0 Å². The summed E-state index contributed by atoms with van der Waals surface area (Å²) >= 11 is 0. The lowest BCUT2D eigenvalue weighted by molar-refractivity contribution is -0.126.